The van der Waals surface area contributed by atoms with Gasteiger partial charge in [-0.05, 0) is 24.6 Å². The van der Waals surface area contributed by atoms with E-state index in [2.05, 4.69) is 4.99 Å². The summed E-state index contributed by atoms with van der Waals surface area (Å²) in [6.07, 6.45) is -0.573. The molecule has 1 aromatic carbocycles. The van der Waals surface area contributed by atoms with Crippen LogP contribution in [0.2, 0.25) is 5.02 Å². The van der Waals surface area contributed by atoms with Crippen LogP contribution >= 0.6 is 23.4 Å². The van der Waals surface area contributed by atoms with E-state index in [0.29, 0.717) is 10.2 Å². The van der Waals surface area contributed by atoms with E-state index in [0.717, 1.165) is 5.56 Å². The Balaban J connectivity index is 1.81. The lowest BCUT2D eigenvalue weighted by Gasteiger charge is -2.40. The van der Waals surface area contributed by atoms with Crippen LogP contribution in [0.5, 0.6) is 0 Å². The number of likely N-dealkylation sites (N-methyl/N-ethyl adjacent to an activating group) is 2. The maximum atomic E-state index is 13.0. The van der Waals surface area contributed by atoms with E-state index in [9.17, 15) is 14.4 Å². The molecule has 1 aromatic rings. The standard InChI is InChI=1S/C17H19ClN4O3S/c1-10(23)9-26-16-19-14-13(20(16)2)15(24)22(17(25)21(14)3)8-11-4-6-12(18)7-5-11/h4-7,13-14H,8-9H2,1-3H3. The molecule has 138 valence electrons. The van der Waals surface area contributed by atoms with Gasteiger partial charge in [-0.1, -0.05) is 35.5 Å². The molecule has 0 saturated carbocycles. The van der Waals surface area contributed by atoms with Gasteiger partial charge in [0.1, 0.15) is 5.78 Å². The van der Waals surface area contributed by atoms with Crippen LogP contribution in [0.1, 0.15) is 12.5 Å². The number of ketones is 1. The summed E-state index contributed by atoms with van der Waals surface area (Å²) in [5, 5.41) is 1.19. The first-order valence-electron chi connectivity index (χ1n) is 8.05. The largest absolute Gasteiger partial charge is 0.339 e. The van der Waals surface area contributed by atoms with Crippen LogP contribution < -0.4 is 0 Å². The predicted molar refractivity (Wildman–Crippen MR) is 101 cm³/mol. The summed E-state index contributed by atoms with van der Waals surface area (Å²) in [5.41, 5.74) is 0.815. The van der Waals surface area contributed by atoms with Gasteiger partial charge in [-0.25, -0.2) is 9.79 Å². The van der Waals surface area contributed by atoms with Crippen LogP contribution in [0, 0.1) is 0 Å². The monoisotopic (exact) mass is 394 g/mol. The zero-order valence-corrected chi connectivity index (χ0v) is 16.3. The predicted octanol–water partition coefficient (Wildman–Crippen LogP) is 2.05. The molecule has 0 N–H and O–H groups in total. The smallest absolute Gasteiger partial charge is 0.328 e. The van der Waals surface area contributed by atoms with Crippen molar-refractivity contribution in [2.75, 3.05) is 19.8 Å². The number of hydrogen-bond donors (Lipinski definition) is 0. The highest BCUT2D eigenvalue weighted by atomic mass is 35.5. The van der Waals surface area contributed by atoms with Crippen molar-refractivity contribution in [1.82, 2.24) is 14.7 Å². The number of halogens is 1. The molecule has 0 aromatic heterocycles. The summed E-state index contributed by atoms with van der Waals surface area (Å²) in [7, 11) is 3.40. The normalized spacial score (nSPS) is 22.6. The zero-order valence-electron chi connectivity index (χ0n) is 14.7. The number of amides is 3. The maximum Gasteiger partial charge on any atom is 0.328 e. The lowest BCUT2D eigenvalue weighted by atomic mass is 10.1. The summed E-state index contributed by atoms with van der Waals surface area (Å²) in [6, 6.07) is 6.06. The molecule has 1 fully saturated rings. The second kappa shape index (κ2) is 7.28. The van der Waals surface area contributed by atoms with Gasteiger partial charge in [0.05, 0.1) is 12.3 Å². The van der Waals surface area contributed by atoms with Gasteiger partial charge in [0.15, 0.2) is 17.4 Å². The minimum Gasteiger partial charge on any atom is -0.339 e. The second-order valence-electron chi connectivity index (χ2n) is 6.32. The van der Waals surface area contributed by atoms with E-state index in [1.54, 1.807) is 43.3 Å². The molecule has 3 amide bonds. The molecule has 2 atom stereocenters. The Bertz CT molecular complexity index is 783. The van der Waals surface area contributed by atoms with Gasteiger partial charge in [0.25, 0.3) is 5.91 Å². The Morgan fingerprint density at radius 1 is 1.19 bits per heavy atom. The number of imide groups is 1. The molecule has 9 heteroatoms. The first kappa shape index (κ1) is 18.7. The van der Waals surface area contributed by atoms with Crippen molar-refractivity contribution >= 4 is 46.3 Å². The van der Waals surface area contributed by atoms with Crippen molar-refractivity contribution in [2.45, 2.75) is 25.7 Å². The summed E-state index contributed by atoms with van der Waals surface area (Å²) in [4.78, 5) is 45.9. The summed E-state index contributed by atoms with van der Waals surface area (Å²) in [6.45, 7) is 1.68. The quantitative estimate of drug-likeness (QED) is 0.781. The van der Waals surface area contributed by atoms with Crippen LogP contribution in [-0.4, -0.2) is 69.6 Å². The topological polar surface area (TPSA) is 73.3 Å². The minimum absolute atomic E-state index is 0.0288. The molecular formula is C17H19ClN4O3S. The van der Waals surface area contributed by atoms with E-state index in [-0.39, 0.29) is 30.0 Å². The van der Waals surface area contributed by atoms with E-state index in [4.69, 9.17) is 11.6 Å². The van der Waals surface area contributed by atoms with Crippen molar-refractivity contribution in [3.05, 3.63) is 34.9 Å². The summed E-state index contributed by atoms with van der Waals surface area (Å²) < 4.78 is 0. The average molecular weight is 395 g/mol. The molecule has 1 saturated heterocycles. The van der Waals surface area contributed by atoms with Crippen molar-refractivity contribution in [1.29, 1.82) is 0 Å². The van der Waals surface area contributed by atoms with Crippen LogP contribution in [0.3, 0.4) is 0 Å². The maximum absolute atomic E-state index is 13.0. The first-order chi connectivity index (χ1) is 12.3. The fraction of sp³-hybridized carbons (Fsp3) is 0.412. The van der Waals surface area contributed by atoms with Crippen LogP contribution in [0.4, 0.5) is 4.79 Å². The highest BCUT2D eigenvalue weighted by molar-refractivity contribution is 8.14. The van der Waals surface area contributed by atoms with Crippen LogP contribution in [0.25, 0.3) is 0 Å². The second-order valence-corrected chi connectivity index (χ2v) is 7.69. The molecule has 2 aliphatic heterocycles. The molecule has 2 aliphatic rings. The molecule has 2 heterocycles. The molecule has 3 rings (SSSR count). The number of nitrogens with zero attached hydrogens (tertiary/aromatic N) is 4. The molecule has 26 heavy (non-hydrogen) atoms. The highest BCUT2D eigenvalue weighted by Crippen LogP contribution is 2.30. The molecule has 0 radical (unpaired) electrons. The number of aliphatic imine (C=N–C) groups is 1. The highest BCUT2D eigenvalue weighted by Gasteiger charge is 2.50. The van der Waals surface area contributed by atoms with Crippen molar-refractivity contribution in [3.8, 4) is 0 Å². The number of carbonyl (C=O) groups is 3. The Kier molecular flexibility index (Phi) is 5.24. The molecule has 2 unspecified atom stereocenters. The van der Waals surface area contributed by atoms with Crippen molar-refractivity contribution in [2.24, 2.45) is 4.99 Å². The summed E-state index contributed by atoms with van der Waals surface area (Å²) >= 11 is 7.17. The number of carbonyl (C=O) groups excluding carboxylic acids is 3. The molecular weight excluding hydrogens is 376 g/mol. The van der Waals surface area contributed by atoms with Gasteiger partial charge >= 0.3 is 6.03 Å². The van der Waals surface area contributed by atoms with Gasteiger partial charge in [0.2, 0.25) is 0 Å². The van der Waals surface area contributed by atoms with Crippen molar-refractivity contribution < 1.29 is 14.4 Å². The first-order valence-corrected chi connectivity index (χ1v) is 9.41. The van der Waals surface area contributed by atoms with Gasteiger partial charge in [0, 0.05) is 19.1 Å². The Morgan fingerprint density at radius 2 is 1.85 bits per heavy atom. The van der Waals surface area contributed by atoms with Gasteiger partial charge in [-0.3, -0.25) is 14.5 Å². The Hall–Kier alpha value is -2.06. The lowest BCUT2D eigenvalue weighted by Crippen LogP contribution is -2.64. The van der Waals surface area contributed by atoms with E-state index < -0.39 is 12.2 Å². The molecule has 7 nitrogen and oxygen atoms in total. The van der Waals surface area contributed by atoms with E-state index in [1.165, 1.54) is 28.5 Å². The number of Topliss-reactive ketones (excluding diaryl/α,β-unsaturated/α-hetero) is 1. The third-order valence-corrected chi connectivity index (χ3v) is 5.81. The molecule has 0 aliphatic carbocycles. The number of benzene rings is 1. The van der Waals surface area contributed by atoms with Crippen LogP contribution in [-0.2, 0) is 16.1 Å². The van der Waals surface area contributed by atoms with Gasteiger partial charge < -0.3 is 9.80 Å². The number of rotatable bonds is 4. The Labute approximate surface area is 161 Å². The average Bonchev–Trinajstić information content (AvgIpc) is 2.93. The third kappa shape index (κ3) is 3.43. The molecule has 0 spiro atoms. The summed E-state index contributed by atoms with van der Waals surface area (Å²) in [5.74, 6) is 0.0157. The zero-order chi connectivity index (χ0) is 19.0. The third-order valence-electron chi connectivity index (χ3n) is 4.35. The van der Waals surface area contributed by atoms with E-state index >= 15 is 0 Å². The minimum atomic E-state index is -0.584. The number of amidine groups is 1. The van der Waals surface area contributed by atoms with Crippen molar-refractivity contribution in [3.63, 3.8) is 0 Å². The fourth-order valence-corrected chi connectivity index (χ4v) is 3.92. The fourth-order valence-electron chi connectivity index (χ4n) is 2.97. The van der Waals surface area contributed by atoms with E-state index in [1.807, 2.05) is 0 Å². The van der Waals surface area contributed by atoms with Gasteiger partial charge in [-0.2, -0.15) is 0 Å². The van der Waals surface area contributed by atoms with Gasteiger partial charge in [-0.15, -0.1) is 0 Å². The number of hydrogen-bond acceptors (Lipinski definition) is 6. The number of urea groups is 1. The van der Waals surface area contributed by atoms with Crippen LogP contribution in [0.15, 0.2) is 29.3 Å². The lowest BCUT2D eigenvalue weighted by molar-refractivity contribution is -0.137. The Morgan fingerprint density at radius 3 is 2.46 bits per heavy atom. The number of fused-ring (bicyclic) bond motifs is 1. The SMILES string of the molecule is CC(=O)CSC1=NC2C(C(=O)N(Cc3ccc(Cl)cc3)C(=O)N2C)N1C. The molecule has 0 bridgehead atoms. The number of thioether (sulfide) groups is 1.